The Bertz CT molecular complexity index is 653. The van der Waals surface area contributed by atoms with E-state index in [4.69, 9.17) is 4.74 Å². The fraction of sp³-hybridized carbons (Fsp3) is 0.267. The van der Waals surface area contributed by atoms with Crippen LogP contribution in [-0.2, 0) is 6.54 Å². The van der Waals surface area contributed by atoms with Gasteiger partial charge in [0, 0.05) is 29.0 Å². The predicted octanol–water partition coefficient (Wildman–Crippen LogP) is 4.68. The third-order valence-electron chi connectivity index (χ3n) is 2.97. The van der Waals surface area contributed by atoms with Crippen molar-refractivity contribution in [1.29, 1.82) is 0 Å². The first-order valence-corrected chi connectivity index (χ1v) is 8.14. The van der Waals surface area contributed by atoms with Crippen molar-refractivity contribution in [2.24, 2.45) is 0 Å². The summed E-state index contributed by atoms with van der Waals surface area (Å²) < 4.78 is 8.91. The summed E-state index contributed by atoms with van der Waals surface area (Å²) in [7, 11) is 1.59. The van der Waals surface area contributed by atoms with E-state index in [2.05, 4.69) is 44.1 Å². The lowest BCUT2D eigenvalue weighted by molar-refractivity contribution is 0.101. The lowest BCUT2D eigenvalue weighted by Gasteiger charge is -2.10. The second kappa shape index (κ2) is 7.13. The number of aromatic nitrogens is 1. The molecule has 21 heavy (non-hydrogen) atoms. The van der Waals surface area contributed by atoms with Gasteiger partial charge in [-0.05, 0) is 56.5 Å². The zero-order valence-corrected chi connectivity index (χ0v) is 15.0. The van der Waals surface area contributed by atoms with Crippen LogP contribution in [0.15, 0.2) is 39.4 Å². The Labute approximate surface area is 140 Å². The molecular formula is C15H16Br2N2O2. The van der Waals surface area contributed by atoms with Crippen molar-refractivity contribution in [3.8, 4) is 5.75 Å². The molecule has 0 unspecified atom stereocenters. The Morgan fingerprint density at radius 2 is 2.10 bits per heavy atom. The van der Waals surface area contributed by atoms with Crippen LogP contribution in [0.5, 0.6) is 5.75 Å². The maximum atomic E-state index is 12.4. The van der Waals surface area contributed by atoms with Gasteiger partial charge < -0.3 is 14.6 Å². The number of carbonyl (C=O) groups excluding carboxylic acids is 1. The van der Waals surface area contributed by atoms with Crippen LogP contribution >= 0.6 is 31.9 Å². The first kappa shape index (κ1) is 16.1. The maximum Gasteiger partial charge on any atom is 0.272 e. The first-order valence-electron chi connectivity index (χ1n) is 6.55. The number of hydrogen-bond donors (Lipinski definition) is 1. The van der Waals surface area contributed by atoms with Gasteiger partial charge in [0.1, 0.15) is 11.4 Å². The summed E-state index contributed by atoms with van der Waals surface area (Å²) in [4.78, 5) is 12.4. The predicted molar refractivity (Wildman–Crippen MR) is 91.1 cm³/mol. The molecule has 1 aromatic carbocycles. The van der Waals surface area contributed by atoms with E-state index in [9.17, 15) is 4.79 Å². The molecule has 0 radical (unpaired) electrons. The highest BCUT2D eigenvalue weighted by Crippen LogP contribution is 2.28. The van der Waals surface area contributed by atoms with Crippen molar-refractivity contribution in [1.82, 2.24) is 4.57 Å². The Hall–Kier alpha value is -1.27. The molecule has 112 valence electrons. The second-order valence-electron chi connectivity index (χ2n) is 4.54. The average Bonchev–Trinajstić information content (AvgIpc) is 2.82. The number of nitrogens with zero attached hydrogens (tertiary/aromatic N) is 1. The Kier molecular flexibility index (Phi) is 5.47. The molecule has 2 aromatic rings. The summed E-state index contributed by atoms with van der Waals surface area (Å²) in [6.07, 6.45) is 2.88. The average molecular weight is 416 g/mol. The molecule has 1 aromatic heterocycles. The summed E-state index contributed by atoms with van der Waals surface area (Å²) in [6, 6.07) is 7.27. The quantitative estimate of drug-likeness (QED) is 0.769. The Morgan fingerprint density at radius 3 is 2.76 bits per heavy atom. The van der Waals surface area contributed by atoms with Gasteiger partial charge >= 0.3 is 0 Å². The number of carbonyl (C=O) groups is 1. The molecule has 6 heteroatoms. The molecule has 0 saturated carbocycles. The molecule has 0 saturated heterocycles. The molecule has 1 amide bonds. The van der Waals surface area contributed by atoms with Gasteiger partial charge in [-0.2, -0.15) is 0 Å². The molecule has 1 N–H and O–H groups in total. The van der Waals surface area contributed by atoms with E-state index in [1.807, 2.05) is 29.0 Å². The number of rotatable bonds is 5. The summed E-state index contributed by atoms with van der Waals surface area (Å²) in [5.41, 5.74) is 1.33. The van der Waals surface area contributed by atoms with Gasteiger partial charge in [0.15, 0.2) is 0 Å². The minimum absolute atomic E-state index is 0.140. The lowest BCUT2D eigenvalue weighted by Crippen LogP contribution is -2.16. The van der Waals surface area contributed by atoms with Gasteiger partial charge in [0.25, 0.3) is 5.91 Å². The van der Waals surface area contributed by atoms with Gasteiger partial charge in [-0.3, -0.25) is 4.79 Å². The SMILES string of the molecule is CCCn1cc(Br)cc1C(=O)Nc1ccc(Br)c(OC)c1. The van der Waals surface area contributed by atoms with Gasteiger partial charge in [0.2, 0.25) is 0 Å². The monoisotopic (exact) mass is 414 g/mol. The van der Waals surface area contributed by atoms with Crippen molar-refractivity contribution >= 4 is 43.5 Å². The van der Waals surface area contributed by atoms with Crippen LogP contribution < -0.4 is 10.1 Å². The van der Waals surface area contributed by atoms with E-state index in [0.717, 1.165) is 21.9 Å². The number of amides is 1. The van der Waals surface area contributed by atoms with E-state index in [-0.39, 0.29) is 5.91 Å². The molecule has 2 rings (SSSR count). The normalized spacial score (nSPS) is 10.5. The summed E-state index contributed by atoms with van der Waals surface area (Å²) in [6.45, 7) is 2.88. The molecule has 0 aliphatic heterocycles. The molecule has 0 atom stereocenters. The molecule has 0 bridgehead atoms. The van der Waals surface area contributed by atoms with Crippen molar-refractivity contribution in [2.45, 2.75) is 19.9 Å². The van der Waals surface area contributed by atoms with Crippen LogP contribution in [0.25, 0.3) is 0 Å². The zero-order valence-electron chi connectivity index (χ0n) is 11.8. The molecule has 0 spiro atoms. The largest absolute Gasteiger partial charge is 0.495 e. The second-order valence-corrected chi connectivity index (χ2v) is 6.31. The maximum absolute atomic E-state index is 12.4. The third-order valence-corrected chi connectivity index (χ3v) is 4.06. The number of methoxy groups -OCH3 is 1. The Balaban J connectivity index is 2.21. The minimum Gasteiger partial charge on any atom is -0.495 e. The number of ether oxygens (including phenoxy) is 1. The van der Waals surface area contributed by atoms with Crippen LogP contribution in [0.3, 0.4) is 0 Å². The summed E-state index contributed by atoms with van der Waals surface area (Å²) in [5, 5.41) is 2.89. The molecule has 4 nitrogen and oxygen atoms in total. The van der Waals surface area contributed by atoms with E-state index in [1.165, 1.54) is 0 Å². The molecule has 1 heterocycles. The number of halogens is 2. The molecule has 0 fully saturated rings. The summed E-state index contributed by atoms with van der Waals surface area (Å²) >= 11 is 6.80. The van der Waals surface area contributed by atoms with Crippen molar-refractivity contribution < 1.29 is 9.53 Å². The van der Waals surface area contributed by atoms with Crippen LogP contribution in [0.2, 0.25) is 0 Å². The zero-order chi connectivity index (χ0) is 15.4. The van der Waals surface area contributed by atoms with Crippen LogP contribution in [0.1, 0.15) is 23.8 Å². The number of benzene rings is 1. The standard InChI is InChI=1S/C15H16Br2N2O2/c1-3-6-19-9-10(16)7-13(19)15(20)18-11-4-5-12(17)14(8-11)21-2/h4-5,7-9H,3,6H2,1-2H3,(H,18,20). The first-order chi connectivity index (χ1) is 10.0. The third kappa shape index (κ3) is 3.89. The van der Waals surface area contributed by atoms with Crippen LogP contribution in [-0.4, -0.2) is 17.6 Å². The van der Waals surface area contributed by atoms with Gasteiger partial charge in [-0.25, -0.2) is 0 Å². The molecular weight excluding hydrogens is 400 g/mol. The number of anilines is 1. The van der Waals surface area contributed by atoms with Crippen molar-refractivity contribution in [3.05, 3.63) is 45.1 Å². The number of hydrogen-bond acceptors (Lipinski definition) is 2. The smallest absolute Gasteiger partial charge is 0.272 e. The van der Waals surface area contributed by atoms with Crippen LogP contribution in [0.4, 0.5) is 5.69 Å². The highest BCUT2D eigenvalue weighted by Gasteiger charge is 2.13. The lowest BCUT2D eigenvalue weighted by atomic mass is 10.3. The van der Waals surface area contributed by atoms with Crippen LogP contribution in [0, 0.1) is 0 Å². The van der Waals surface area contributed by atoms with Crippen molar-refractivity contribution in [3.63, 3.8) is 0 Å². The van der Waals surface area contributed by atoms with Gasteiger partial charge in [-0.15, -0.1) is 0 Å². The fourth-order valence-electron chi connectivity index (χ4n) is 2.02. The Morgan fingerprint density at radius 1 is 1.33 bits per heavy atom. The molecule has 0 aliphatic rings. The summed E-state index contributed by atoms with van der Waals surface area (Å²) in [5.74, 6) is 0.538. The van der Waals surface area contributed by atoms with E-state index in [0.29, 0.717) is 17.1 Å². The highest BCUT2D eigenvalue weighted by molar-refractivity contribution is 9.10. The number of nitrogens with one attached hydrogen (secondary N) is 1. The fourth-order valence-corrected chi connectivity index (χ4v) is 2.90. The van der Waals surface area contributed by atoms with Crippen molar-refractivity contribution in [2.75, 3.05) is 12.4 Å². The van der Waals surface area contributed by atoms with E-state index >= 15 is 0 Å². The van der Waals surface area contributed by atoms with E-state index < -0.39 is 0 Å². The minimum atomic E-state index is -0.140. The topological polar surface area (TPSA) is 43.3 Å². The van der Waals surface area contributed by atoms with E-state index in [1.54, 1.807) is 13.2 Å². The van der Waals surface area contributed by atoms with Gasteiger partial charge in [0.05, 0.1) is 11.6 Å². The highest BCUT2D eigenvalue weighted by atomic mass is 79.9. The molecule has 0 aliphatic carbocycles. The number of aryl methyl sites for hydroxylation is 1. The van der Waals surface area contributed by atoms with Gasteiger partial charge in [-0.1, -0.05) is 6.92 Å².